The smallest absolute Gasteiger partial charge is 0.270 e. The Labute approximate surface area is 119 Å². The van der Waals surface area contributed by atoms with Gasteiger partial charge < -0.3 is 9.90 Å². The summed E-state index contributed by atoms with van der Waals surface area (Å²) in [6, 6.07) is 8.73. The van der Waals surface area contributed by atoms with Gasteiger partial charge in [-0.25, -0.2) is 0 Å². The largest absolute Gasteiger partial charge is 0.545 e. The van der Waals surface area contributed by atoms with Gasteiger partial charge in [0, 0.05) is 28.3 Å². The summed E-state index contributed by atoms with van der Waals surface area (Å²) in [5.41, 5.74) is 1.25. The highest BCUT2D eigenvalue weighted by Gasteiger charge is 2.13. The van der Waals surface area contributed by atoms with E-state index in [1.807, 2.05) is 6.92 Å². The third-order valence-electron chi connectivity index (χ3n) is 2.80. The molecule has 0 atom stereocenters. The zero-order valence-corrected chi connectivity index (χ0v) is 11.2. The molecule has 0 unspecified atom stereocenters. The first-order valence-electron chi connectivity index (χ1n) is 5.66. The number of carbonyl (C=O) groups is 1. The van der Waals surface area contributed by atoms with Crippen molar-refractivity contribution in [1.29, 1.82) is 0 Å². The van der Waals surface area contributed by atoms with Crippen LogP contribution in [0.4, 0.5) is 5.69 Å². The maximum Gasteiger partial charge on any atom is 0.270 e. The summed E-state index contributed by atoms with van der Waals surface area (Å²) in [6.45, 7) is 1.86. The molecule has 20 heavy (non-hydrogen) atoms. The highest BCUT2D eigenvalue weighted by atomic mass is 35.5. The molecule has 0 spiro atoms. The second kappa shape index (κ2) is 5.30. The Morgan fingerprint density at radius 1 is 1.20 bits per heavy atom. The fourth-order valence-electron chi connectivity index (χ4n) is 1.84. The number of carboxylic acid groups (broad SMARTS) is 1. The minimum absolute atomic E-state index is 0.258. The van der Waals surface area contributed by atoms with Crippen molar-refractivity contribution in [2.24, 2.45) is 0 Å². The SMILES string of the molecule is Cc1ccc(-c2cc(C(=O)[O-])cc([N+](=O)[O-])c2)c(Cl)c1. The van der Waals surface area contributed by atoms with Crippen molar-refractivity contribution in [3.05, 3.63) is 62.7 Å². The number of nitro groups is 1. The Bertz CT molecular complexity index is 680. The fraction of sp³-hybridized carbons (Fsp3) is 0.0714. The number of aromatic carboxylic acids is 1. The van der Waals surface area contributed by atoms with Crippen molar-refractivity contribution in [1.82, 2.24) is 0 Å². The third kappa shape index (κ3) is 2.78. The molecule has 2 aromatic carbocycles. The number of nitrogens with zero attached hydrogens (tertiary/aromatic N) is 1. The summed E-state index contributed by atoms with van der Waals surface area (Å²) < 4.78 is 0. The molecule has 0 aliphatic heterocycles. The zero-order chi connectivity index (χ0) is 14.9. The van der Waals surface area contributed by atoms with Crippen LogP contribution in [0, 0.1) is 17.0 Å². The Morgan fingerprint density at radius 3 is 2.45 bits per heavy atom. The lowest BCUT2D eigenvalue weighted by Crippen LogP contribution is -2.22. The molecule has 5 nitrogen and oxygen atoms in total. The van der Waals surface area contributed by atoms with Gasteiger partial charge in [-0.15, -0.1) is 0 Å². The normalized spacial score (nSPS) is 10.3. The second-order valence-corrected chi connectivity index (χ2v) is 4.70. The quantitative estimate of drug-likeness (QED) is 0.642. The van der Waals surface area contributed by atoms with Crippen LogP contribution in [0.1, 0.15) is 15.9 Å². The molecular formula is C14H9ClNO4-. The average Bonchev–Trinajstić information content (AvgIpc) is 2.38. The van der Waals surface area contributed by atoms with Crippen LogP contribution < -0.4 is 5.11 Å². The molecule has 0 N–H and O–H groups in total. The van der Waals surface area contributed by atoms with Gasteiger partial charge in [-0.05, 0) is 30.2 Å². The molecule has 0 saturated heterocycles. The van der Waals surface area contributed by atoms with Crippen molar-refractivity contribution < 1.29 is 14.8 Å². The molecule has 102 valence electrons. The van der Waals surface area contributed by atoms with Gasteiger partial charge in [-0.1, -0.05) is 23.7 Å². The van der Waals surface area contributed by atoms with E-state index in [2.05, 4.69) is 0 Å². The lowest BCUT2D eigenvalue weighted by Gasteiger charge is -2.09. The van der Waals surface area contributed by atoms with Crippen LogP contribution in [-0.2, 0) is 0 Å². The Balaban J connectivity index is 2.66. The van der Waals surface area contributed by atoms with E-state index in [9.17, 15) is 20.0 Å². The van der Waals surface area contributed by atoms with Crippen LogP contribution in [0.3, 0.4) is 0 Å². The standard InChI is InChI=1S/C14H10ClNO4/c1-8-2-3-12(13(15)4-8)9-5-10(14(17)18)7-11(6-9)16(19)20/h2-7H,1H3,(H,17,18)/p-1. The van der Waals surface area contributed by atoms with Crippen LogP contribution in [0.2, 0.25) is 5.02 Å². The summed E-state index contributed by atoms with van der Waals surface area (Å²) in [7, 11) is 0. The molecule has 2 rings (SSSR count). The van der Waals surface area contributed by atoms with Gasteiger partial charge >= 0.3 is 0 Å². The van der Waals surface area contributed by atoms with E-state index in [0.717, 1.165) is 11.6 Å². The number of aryl methyl sites for hydroxylation is 1. The van der Waals surface area contributed by atoms with Crippen LogP contribution in [0.5, 0.6) is 0 Å². The van der Waals surface area contributed by atoms with Gasteiger partial charge in [0.05, 0.1) is 10.9 Å². The molecule has 0 heterocycles. The Hall–Kier alpha value is -2.40. The first kappa shape index (κ1) is 14.0. The molecule has 0 radical (unpaired) electrons. The average molecular weight is 291 g/mol. The maximum absolute atomic E-state index is 10.9. The van der Waals surface area contributed by atoms with E-state index in [1.165, 1.54) is 12.1 Å². The van der Waals surface area contributed by atoms with Crippen molar-refractivity contribution in [2.45, 2.75) is 6.92 Å². The highest BCUT2D eigenvalue weighted by Crippen LogP contribution is 2.31. The number of hydrogen-bond acceptors (Lipinski definition) is 4. The molecule has 2 aromatic rings. The van der Waals surface area contributed by atoms with Crippen molar-refractivity contribution in [2.75, 3.05) is 0 Å². The van der Waals surface area contributed by atoms with E-state index in [1.54, 1.807) is 18.2 Å². The van der Waals surface area contributed by atoms with Gasteiger partial charge in [-0.3, -0.25) is 10.1 Å². The number of carbonyl (C=O) groups excluding carboxylic acids is 1. The summed E-state index contributed by atoms with van der Waals surface area (Å²) in [5.74, 6) is -1.47. The van der Waals surface area contributed by atoms with Crippen molar-refractivity contribution in [3.8, 4) is 11.1 Å². The van der Waals surface area contributed by atoms with Gasteiger partial charge in [0.15, 0.2) is 0 Å². The van der Waals surface area contributed by atoms with Crippen LogP contribution in [0.15, 0.2) is 36.4 Å². The fourth-order valence-corrected chi connectivity index (χ4v) is 2.19. The van der Waals surface area contributed by atoms with Crippen LogP contribution in [0.25, 0.3) is 11.1 Å². The molecule has 0 aromatic heterocycles. The molecule has 0 aliphatic carbocycles. The predicted molar refractivity (Wildman–Crippen MR) is 72.6 cm³/mol. The van der Waals surface area contributed by atoms with Gasteiger partial charge in [0.1, 0.15) is 0 Å². The van der Waals surface area contributed by atoms with E-state index in [4.69, 9.17) is 11.6 Å². The number of halogens is 1. The first-order valence-corrected chi connectivity index (χ1v) is 6.03. The maximum atomic E-state index is 10.9. The Kier molecular flexibility index (Phi) is 3.72. The summed E-state index contributed by atoms with van der Waals surface area (Å²) in [6.07, 6.45) is 0. The van der Waals surface area contributed by atoms with E-state index >= 15 is 0 Å². The number of carboxylic acids is 1. The molecular weight excluding hydrogens is 282 g/mol. The summed E-state index contributed by atoms with van der Waals surface area (Å²) in [4.78, 5) is 21.1. The lowest BCUT2D eigenvalue weighted by molar-refractivity contribution is -0.384. The minimum atomic E-state index is -1.47. The molecule has 0 aliphatic rings. The summed E-state index contributed by atoms with van der Waals surface area (Å²) >= 11 is 6.09. The van der Waals surface area contributed by atoms with E-state index in [-0.39, 0.29) is 11.3 Å². The number of rotatable bonds is 3. The lowest BCUT2D eigenvalue weighted by atomic mass is 10.0. The van der Waals surface area contributed by atoms with Gasteiger partial charge in [-0.2, -0.15) is 0 Å². The van der Waals surface area contributed by atoms with Gasteiger partial charge in [0.2, 0.25) is 0 Å². The number of non-ortho nitro benzene ring substituents is 1. The second-order valence-electron chi connectivity index (χ2n) is 4.30. The third-order valence-corrected chi connectivity index (χ3v) is 3.11. The molecule has 0 fully saturated rings. The minimum Gasteiger partial charge on any atom is -0.545 e. The molecule has 0 saturated carbocycles. The molecule has 0 amide bonds. The van der Waals surface area contributed by atoms with Gasteiger partial charge in [0.25, 0.3) is 5.69 Å². The first-order chi connectivity index (χ1) is 9.38. The van der Waals surface area contributed by atoms with Crippen molar-refractivity contribution in [3.63, 3.8) is 0 Å². The number of benzene rings is 2. The predicted octanol–water partition coefficient (Wildman–Crippen LogP) is 2.59. The molecule has 0 bridgehead atoms. The van der Waals surface area contributed by atoms with Crippen LogP contribution in [-0.4, -0.2) is 10.9 Å². The number of nitro benzene ring substituents is 1. The van der Waals surface area contributed by atoms with Crippen LogP contribution >= 0.6 is 11.6 Å². The topological polar surface area (TPSA) is 83.3 Å². The zero-order valence-electron chi connectivity index (χ0n) is 10.4. The highest BCUT2D eigenvalue weighted by molar-refractivity contribution is 6.33. The van der Waals surface area contributed by atoms with E-state index < -0.39 is 10.9 Å². The van der Waals surface area contributed by atoms with Crippen molar-refractivity contribution >= 4 is 23.3 Å². The Morgan fingerprint density at radius 2 is 1.90 bits per heavy atom. The number of hydrogen-bond donors (Lipinski definition) is 0. The summed E-state index contributed by atoms with van der Waals surface area (Å²) in [5, 5.41) is 22.2. The monoisotopic (exact) mass is 290 g/mol. The van der Waals surface area contributed by atoms with E-state index in [0.29, 0.717) is 16.1 Å². The molecule has 6 heteroatoms.